The number of carbonyl (C=O) groups is 1. The van der Waals surface area contributed by atoms with Crippen LogP contribution in [-0.4, -0.2) is 18.5 Å². The fourth-order valence-corrected chi connectivity index (χ4v) is 2.19. The third-order valence-electron chi connectivity index (χ3n) is 3.35. The van der Waals surface area contributed by atoms with E-state index in [1.165, 1.54) is 32.1 Å². The summed E-state index contributed by atoms with van der Waals surface area (Å²) in [6.45, 7) is 2.74. The van der Waals surface area contributed by atoms with Crippen molar-refractivity contribution in [3.8, 4) is 0 Å². The van der Waals surface area contributed by atoms with Crippen molar-refractivity contribution in [2.75, 3.05) is 6.54 Å². The molecule has 1 rings (SSSR count). The fraction of sp³-hybridized carbons (Fsp3) is 0.917. The molecule has 0 radical (unpaired) electrons. The maximum Gasteiger partial charge on any atom is 0.236 e. The van der Waals surface area contributed by atoms with Gasteiger partial charge in [-0.2, -0.15) is 0 Å². The highest BCUT2D eigenvalue weighted by molar-refractivity contribution is 5.81. The molecule has 1 aliphatic rings. The number of nitrogens with one attached hydrogen (secondary N) is 1. The molecule has 3 nitrogen and oxygen atoms in total. The van der Waals surface area contributed by atoms with E-state index in [9.17, 15) is 4.79 Å². The van der Waals surface area contributed by atoms with Gasteiger partial charge >= 0.3 is 0 Å². The fourth-order valence-electron chi connectivity index (χ4n) is 2.19. The molecule has 3 heteroatoms. The lowest BCUT2D eigenvalue weighted by Gasteiger charge is -2.21. The Hall–Kier alpha value is -0.570. The van der Waals surface area contributed by atoms with Crippen LogP contribution in [0.4, 0.5) is 0 Å². The lowest BCUT2D eigenvalue weighted by molar-refractivity contribution is -0.122. The highest BCUT2D eigenvalue weighted by Crippen LogP contribution is 2.25. The summed E-state index contributed by atoms with van der Waals surface area (Å²) in [5, 5.41) is 2.92. The maximum absolute atomic E-state index is 11.4. The van der Waals surface area contributed by atoms with Crippen molar-refractivity contribution in [3.05, 3.63) is 0 Å². The molecule has 1 aliphatic carbocycles. The van der Waals surface area contributed by atoms with Crippen LogP contribution in [0.1, 0.15) is 51.9 Å². The van der Waals surface area contributed by atoms with Gasteiger partial charge in [-0.15, -0.1) is 0 Å². The number of hydrogen-bond donors (Lipinski definition) is 2. The Balaban J connectivity index is 2.07. The van der Waals surface area contributed by atoms with Crippen LogP contribution in [0.3, 0.4) is 0 Å². The Labute approximate surface area is 92.8 Å². The molecule has 1 saturated carbocycles. The number of nitrogens with two attached hydrogens (primary N) is 1. The SMILES string of the molecule is CCC(N)C(=O)NCCC1CCCCC1. The van der Waals surface area contributed by atoms with E-state index in [0.29, 0.717) is 0 Å². The van der Waals surface area contributed by atoms with Gasteiger partial charge in [0.15, 0.2) is 0 Å². The first-order valence-electron chi connectivity index (χ1n) is 6.27. The van der Waals surface area contributed by atoms with Crippen LogP contribution in [0, 0.1) is 5.92 Å². The molecule has 1 unspecified atom stereocenters. The minimum atomic E-state index is -0.323. The molecule has 0 saturated heterocycles. The third kappa shape index (κ3) is 4.65. The summed E-state index contributed by atoms with van der Waals surface area (Å²) in [6.07, 6.45) is 8.66. The average molecular weight is 212 g/mol. The van der Waals surface area contributed by atoms with Crippen LogP contribution in [-0.2, 0) is 4.79 Å². The van der Waals surface area contributed by atoms with Gasteiger partial charge in [0.1, 0.15) is 0 Å². The zero-order valence-corrected chi connectivity index (χ0v) is 9.80. The monoisotopic (exact) mass is 212 g/mol. The standard InChI is InChI=1S/C12H24N2O/c1-2-11(13)12(15)14-9-8-10-6-4-3-5-7-10/h10-11H,2-9,13H2,1H3,(H,14,15). The molecule has 3 N–H and O–H groups in total. The van der Waals surface area contributed by atoms with Crippen molar-refractivity contribution in [2.24, 2.45) is 11.7 Å². The molecule has 1 atom stereocenters. The van der Waals surface area contributed by atoms with E-state index in [-0.39, 0.29) is 11.9 Å². The average Bonchev–Trinajstić information content (AvgIpc) is 2.29. The van der Waals surface area contributed by atoms with Gasteiger partial charge in [0.2, 0.25) is 5.91 Å². The predicted octanol–water partition coefficient (Wildman–Crippen LogP) is 1.81. The topological polar surface area (TPSA) is 55.1 Å². The smallest absolute Gasteiger partial charge is 0.236 e. The Morgan fingerprint density at radius 1 is 1.40 bits per heavy atom. The lowest BCUT2D eigenvalue weighted by atomic mass is 9.87. The second-order valence-corrected chi connectivity index (χ2v) is 4.60. The van der Waals surface area contributed by atoms with Gasteiger partial charge in [0.05, 0.1) is 6.04 Å². The largest absolute Gasteiger partial charge is 0.355 e. The van der Waals surface area contributed by atoms with Crippen molar-refractivity contribution in [1.82, 2.24) is 5.32 Å². The van der Waals surface area contributed by atoms with Gasteiger partial charge in [-0.05, 0) is 18.8 Å². The number of carbonyl (C=O) groups excluding carboxylic acids is 1. The quantitative estimate of drug-likeness (QED) is 0.730. The maximum atomic E-state index is 11.4. The normalized spacial score (nSPS) is 19.9. The van der Waals surface area contributed by atoms with E-state index in [0.717, 1.165) is 25.3 Å². The summed E-state index contributed by atoms with van der Waals surface area (Å²) in [4.78, 5) is 11.4. The van der Waals surface area contributed by atoms with Crippen LogP contribution in [0.2, 0.25) is 0 Å². The van der Waals surface area contributed by atoms with Crippen molar-refractivity contribution in [2.45, 2.75) is 57.9 Å². The molecule has 1 amide bonds. The third-order valence-corrected chi connectivity index (χ3v) is 3.35. The zero-order chi connectivity index (χ0) is 11.1. The van der Waals surface area contributed by atoms with Crippen molar-refractivity contribution < 1.29 is 4.79 Å². The van der Waals surface area contributed by atoms with Crippen molar-refractivity contribution in [1.29, 1.82) is 0 Å². The van der Waals surface area contributed by atoms with E-state index in [1.807, 2.05) is 6.92 Å². The van der Waals surface area contributed by atoms with Gasteiger partial charge in [-0.25, -0.2) is 0 Å². The zero-order valence-electron chi connectivity index (χ0n) is 9.80. The predicted molar refractivity (Wildman–Crippen MR) is 62.5 cm³/mol. The highest BCUT2D eigenvalue weighted by atomic mass is 16.2. The summed E-state index contributed by atoms with van der Waals surface area (Å²) in [7, 11) is 0. The van der Waals surface area contributed by atoms with Gasteiger partial charge in [0, 0.05) is 6.54 Å². The Kier molecular flexibility index (Phi) is 5.69. The molecule has 0 aromatic rings. The molecule has 15 heavy (non-hydrogen) atoms. The molecular formula is C12H24N2O. The number of rotatable bonds is 5. The molecule has 0 heterocycles. The first kappa shape index (κ1) is 12.5. The van der Waals surface area contributed by atoms with E-state index in [1.54, 1.807) is 0 Å². The highest BCUT2D eigenvalue weighted by Gasteiger charge is 2.14. The Bertz CT molecular complexity index is 188. The minimum absolute atomic E-state index is 0.00769. The van der Waals surface area contributed by atoms with E-state index >= 15 is 0 Å². The second-order valence-electron chi connectivity index (χ2n) is 4.60. The lowest BCUT2D eigenvalue weighted by Crippen LogP contribution is -2.40. The first-order valence-corrected chi connectivity index (χ1v) is 6.27. The summed E-state index contributed by atoms with van der Waals surface area (Å²) in [6, 6.07) is -0.323. The first-order chi connectivity index (χ1) is 7.24. The van der Waals surface area contributed by atoms with Crippen LogP contribution < -0.4 is 11.1 Å². The molecule has 0 aliphatic heterocycles. The van der Waals surface area contributed by atoms with Crippen LogP contribution in [0.15, 0.2) is 0 Å². The Morgan fingerprint density at radius 3 is 2.67 bits per heavy atom. The molecule has 88 valence electrons. The summed E-state index contributed by atoms with van der Waals surface area (Å²) in [5.74, 6) is 0.838. The van der Waals surface area contributed by atoms with Crippen LogP contribution >= 0.6 is 0 Å². The molecule has 0 aromatic heterocycles. The Morgan fingerprint density at radius 2 is 2.07 bits per heavy atom. The van der Waals surface area contributed by atoms with Gasteiger partial charge in [-0.1, -0.05) is 39.0 Å². The summed E-state index contributed by atoms with van der Waals surface area (Å²) in [5.41, 5.74) is 5.62. The van der Waals surface area contributed by atoms with Gasteiger partial charge < -0.3 is 11.1 Å². The van der Waals surface area contributed by atoms with Crippen LogP contribution in [0.25, 0.3) is 0 Å². The molecule has 1 fully saturated rings. The van der Waals surface area contributed by atoms with E-state index in [2.05, 4.69) is 5.32 Å². The molecule has 0 spiro atoms. The van der Waals surface area contributed by atoms with Crippen LogP contribution in [0.5, 0.6) is 0 Å². The summed E-state index contributed by atoms with van der Waals surface area (Å²) >= 11 is 0. The van der Waals surface area contributed by atoms with Crippen molar-refractivity contribution in [3.63, 3.8) is 0 Å². The second kappa shape index (κ2) is 6.83. The molecule has 0 bridgehead atoms. The number of hydrogen-bond acceptors (Lipinski definition) is 2. The number of amides is 1. The van der Waals surface area contributed by atoms with E-state index in [4.69, 9.17) is 5.73 Å². The van der Waals surface area contributed by atoms with E-state index < -0.39 is 0 Å². The molecule has 0 aromatic carbocycles. The minimum Gasteiger partial charge on any atom is -0.355 e. The molecular weight excluding hydrogens is 188 g/mol. The summed E-state index contributed by atoms with van der Waals surface area (Å²) < 4.78 is 0. The van der Waals surface area contributed by atoms with Crippen molar-refractivity contribution >= 4 is 5.91 Å². The van der Waals surface area contributed by atoms with Gasteiger partial charge in [0.25, 0.3) is 0 Å². The van der Waals surface area contributed by atoms with Gasteiger partial charge in [-0.3, -0.25) is 4.79 Å².